The highest BCUT2D eigenvalue weighted by molar-refractivity contribution is 7.07. The van der Waals surface area contributed by atoms with Crippen molar-refractivity contribution in [3.05, 3.63) is 33.0 Å². The number of aryl methyl sites for hydroxylation is 2. The molecule has 1 saturated heterocycles. The highest BCUT2D eigenvalue weighted by Crippen LogP contribution is 2.38. The van der Waals surface area contributed by atoms with E-state index in [-0.39, 0.29) is 0 Å². The molecule has 6 heteroatoms. The fourth-order valence-electron chi connectivity index (χ4n) is 2.89. The first-order valence-corrected chi connectivity index (χ1v) is 7.79. The molecule has 19 heavy (non-hydrogen) atoms. The lowest BCUT2D eigenvalue weighted by atomic mass is 10.1. The summed E-state index contributed by atoms with van der Waals surface area (Å²) < 4.78 is 1.77. The number of likely N-dealkylation sites (tertiary alicyclic amines) is 1. The summed E-state index contributed by atoms with van der Waals surface area (Å²) in [6.45, 7) is 4.05. The summed E-state index contributed by atoms with van der Waals surface area (Å²) in [5.74, 6) is 0. The topological polar surface area (TPSA) is 34.0 Å². The summed E-state index contributed by atoms with van der Waals surface area (Å²) in [5.41, 5.74) is 5.28. The maximum absolute atomic E-state index is 6.40. The normalized spacial score (nSPS) is 20.3. The zero-order chi connectivity index (χ0) is 13.4. The van der Waals surface area contributed by atoms with E-state index in [0.29, 0.717) is 6.04 Å². The Bertz CT molecular complexity index is 563. The molecule has 1 atom stereocenters. The van der Waals surface area contributed by atoms with Crippen molar-refractivity contribution in [2.75, 3.05) is 6.54 Å². The average molecular weight is 297 g/mol. The molecule has 0 amide bonds. The lowest BCUT2D eigenvalue weighted by molar-refractivity contribution is 0.245. The number of nitrogens with zero attached hydrogens (tertiary/aromatic N) is 4. The standard InChI is InChI=1S/C13H17ClN4S/c1-9-12(13(14)17(2)16-9)11-4-3-5-18(11)6-10-7-19-8-15-10/h7-8,11H,3-6H2,1-2H3/t11-/m1/s1. The molecule has 2 aromatic heterocycles. The molecule has 0 saturated carbocycles. The van der Waals surface area contributed by atoms with Gasteiger partial charge in [0, 0.05) is 30.6 Å². The maximum Gasteiger partial charge on any atom is 0.131 e. The Morgan fingerprint density at radius 1 is 1.53 bits per heavy atom. The first kappa shape index (κ1) is 13.1. The van der Waals surface area contributed by atoms with E-state index in [0.717, 1.165) is 36.1 Å². The largest absolute Gasteiger partial charge is 0.290 e. The van der Waals surface area contributed by atoms with Crippen molar-refractivity contribution in [2.45, 2.75) is 32.4 Å². The van der Waals surface area contributed by atoms with Gasteiger partial charge < -0.3 is 0 Å². The van der Waals surface area contributed by atoms with Gasteiger partial charge in [-0.25, -0.2) is 4.98 Å². The van der Waals surface area contributed by atoms with Crippen molar-refractivity contribution in [3.8, 4) is 0 Å². The van der Waals surface area contributed by atoms with Crippen LogP contribution in [0, 0.1) is 6.92 Å². The van der Waals surface area contributed by atoms with E-state index in [4.69, 9.17) is 11.6 Å². The van der Waals surface area contributed by atoms with Gasteiger partial charge in [0.05, 0.1) is 16.9 Å². The summed E-state index contributed by atoms with van der Waals surface area (Å²) in [4.78, 5) is 6.84. The molecule has 102 valence electrons. The van der Waals surface area contributed by atoms with Crippen LogP contribution in [0.15, 0.2) is 10.9 Å². The van der Waals surface area contributed by atoms with Crippen LogP contribution in [0.5, 0.6) is 0 Å². The number of thiazole rings is 1. The third-order valence-corrected chi connectivity index (χ3v) is 4.83. The van der Waals surface area contributed by atoms with Crippen molar-refractivity contribution < 1.29 is 0 Å². The lowest BCUT2D eigenvalue weighted by Crippen LogP contribution is -2.23. The van der Waals surface area contributed by atoms with Crippen molar-refractivity contribution >= 4 is 22.9 Å². The van der Waals surface area contributed by atoms with Gasteiger partial charge in [-0.15, -0.1) is 11.3 Å². The molecular weight excluding hydrogens is 280 g/mol. The summed E-state index contributed by atoms with van der Waals surface area (Å²) in [5, 5.41) is 7.32. The van der Waals surface area contributed by atoms with Crippen LogP contribution < -0.4 is 0 Å². The smallest absolute Gasteiger partial charge is 0.131 e. The molecule has 1 fully saturated rings. The van der Waals surface area contributed by atoms with Gasteiger partial charge in [0.2, 0.25) is 0 Å². The van der Waals surface area contributed by atoms with E-state index in [9.17, 15) is 0 Å². The molecule has 2 aromatic rings. The monoisotopic (exact) mass is 296 g/mol. The minimum Gasteiger partial charge on any atom is -0.290 e. The van der Waals surface area contributed by atoms with Crippen LogP contribution in [-0.4, -0.2) is 26.2 Å². The highest BCUT2D eigenvalue weighted by atomic mass is 35.5. The zero-order valence-corrected chi connectivity index (χ0v) is 12.7. The van der Waals surface area contributed by atoms with Crippen molar-refractivity contribution in [3.63, 3.8) is 0 Å². The van der Waals surface area contributed by atoms with Crippen LogP contribution in [0.2, 0.25) is 5.15 Å². The van der Waals surface area contributed by atoms with Crippen LogP contribution in [0.4, 0.5) is 0 Å². The minimum absolute atomic E-state index is 0.378. The Balaban J connectivity index is 1.86. The summed E-state index contributed by atoms with van der Waals surface area (Å²) in [6, 6.07) is 0.378. The SMILES string of the molecule is Cc1nn(C)c(Cl)c1[C@H]1CCCN1Cc1cscn1. The fourth-order valence-corrected chi connectivity index (χ4v) is 3.74. The van der Waals surface area contributed by atoms with Crippen molar-refractivity contribution in [1.82, 2.24) is 19.7 Å². The van der Waals surface area contributed by atoms with E-state index in [1.54, 1.807) is 16.0 Å². The molecule has 3 heterocycles. The molecule has 1 aliphatic heterocycles. The third kappa shape index (κ3) is 2.42. The lowest BCUT2D eigenvalue weighted by Gasteiger charge is -2.23. The molecule has 0 spiro atoms. The second-order valence-corrected chi connectivity index (χ2v) is 6.10. The Morgan fingerprint density at radius 3 is 3.00 bits per heavy atom. The minimum atomic E-state index is 0.378. The van der Waals surface area contributed by atoms with E-state index in [2.05, 4.69) is 20.4 Å². The number of hydrogen-bond donors (Lipinski definition) is 0. The Kier molecular flexibility index (Phi) is 3.60. The molecule has 0 bridgehead atoms. The Morgan fingerprint density at radius 2 is 2.37 bits per heavy atom. The maximum atomic E-state index is 6.40. The molecular formula is C13H17ClN4S. The number of rotatable bonds is 3. The molecule has 4 nitrogen and oxygen atoms in total. The third-order valence-electron chi connectivity index (χ3n) is 3.74. The molecule has 3 rings (SSSR count). The second kappa shape index (κ2) is 5.23. The molecule has 0 radical (unpaired) electrons. The van der Waals surface area contributed by atoms with Crippen LogP contribution in [0.1, 0.15) is 35.8 Å². The molecule has 1 aliphatic rings. The molecule has 0 aromatic carbocycles. The second-order valence-electron chi connectivity index (χ2n) is 5.02. The van der Waals surface area contributed by atoms with Crippen LogP contribution in [0.25, 0.3) is 0 Å². The van der Waals surface area contributed by atoms with Crippen molar-refractivity contribution in [1.29, 1.82) is 0 Å². The molecule has 0 aliphatic carbocycles. The average Bonchev–Trinajstić information content (AvgIpc) is 3.06. The summed E-state index contributed by atoms with van der Waals surface area (Å²) >= 11 is 8.05. The van der Waals surface area contributed by atoms with Crippen LogP contribution in [0.3, 0.4) is 0 Å². The van der Waals surface area contributed by atoms with Gasteiger partial charge in [-0.3, -0.25) is 9.58 Å². The highest BCUT2D eigenvalue weighted by Gasteiger charge is 2.31. The van der Waals surface area contributed by atoms with Gasteiger partial charge in [-0.2, -0.15) is 5.10 Å². The predicted molar refractivity (Wildman–Crippen MR) is 77.5 cm³/mol. The Hall–Kier alpha value is -0.910. The Labute approximate surface area is 122 Å². The zero-order valence-electron chi connectivity index (χ0n) is 11.1. The summed E-state index contributed by atoms with van der Waals surface area (Å²) in [7, 11) is 1.90. The first-order chi connectivity index (χ1) is 9.16. The van der Waals surface area contributed by atoms with E-state index in [1.165, 1.54) is 12.0 Å². The molecule has 0 N–H and O–H groups in total. The van der Waals surface area contributed by atoms with Gasteiger partial charge in [-0.1, -0.05) is 11.6 Å². The van der Waals surface area contributed by atoms with Gasteiger partial charge >= 0.3 is 0 Å². The van der Waals surface area contributed by atoms with E-state index in [1.807, 2.05) is 19.5 Å². The predicted octanol–water partition coefficient (Wildman–Crippen LogP) is 3.18. The van der Waals surface area contributed by atoms with E-state index >= 15 is 0 Å². The summed E-state index contributed by atoms with van der Waals surface area (Å²) in [6.07, 6.45) is 2.36. The van der Waals surface area contributed by atoms with Gasteiger partial charge in [-0.05, 0) is 26.3 Å². The van der Waals surface area contributed by atoms with E-state index < -0.39 is 0 Å². The van der Waals surface area contributed by atoms with Gasteiger partial charge in [0.1, 0.15) is 5.15 Å². The van der Waals surface area contributed by atoms with Gasteiger partial charge in [0.25, 0.3) is 0 Å². The number of aromatic nitrogens is 3. The van der Waals surface area contributed by atoms with Crippen LogP contribution in [-0.2, 0) is 13.6 Å². The number of hydrogen-bond acceptors (Lipinski definition) is 4. The van der Waals surface area contributed by atoms with Crippen LogP contribution >= 0.6 is 22.9 Å². The fraction of sp³-hybridized carbons (Fsp3) is 0.538. The number of halogens is 1. The first-order valence-electron chi connectivity index (χ1n) is 6.47. The van der Waals surface area contributed by atoms with Crippen molar-refractivity contribution in [2.24, 2.45) is 7.05 Å². The van der Waals surface area contributed by atoms with Gasteiger partial charge in [0.15, 0.2) is 0 Å². The quantitative estimate of drug-likeness (QED) is 0.872. The molecule has 0 unspecified atom stereocenters.